The zero-order valence-corrected chi connectivity index (χ0v) is 52.1. The van der Waals surface area contributed by atoms with E-state index < -0.39 is 57.8 Å². The van der Waals surface area contributed by atoms with Crippen molar-refractivity contribution in [2.75, 3.05) is 26.4 Å². The normalized spacial score (nSPS) is 13.3. The maximum absolute atomic E-state index is 13.0. The van der Waals surface area contributed by atoms with Crippen LogP contribution < -0.4 is 0 Å². The highest BCUT2D eigenvalue weighted by molar-refractivity contribution is 7.47. The van der Waals surface area contributed by atoms with E-state index >= 15 is 0 Å². The van der Waals surface area contributed by atoms with Crippen molar-refractivity contribution in [2.45, 2.75) is 354 Å². The minimum atomic E-state index is -4.75. The fourth-order valence-corrected chi connectivity index (χ4v) is 10.5. The van der Waals surface area contributed by atoms with E-state index in [0.717, 1.165) is 77.0 Å². The summed E-state index contributed by atoms with van der Waals surface area (Å²) in [6, 6.07) is 0. The lowest BCUT2D eigenvalue weighted by molar-refractivity contribution is -0.161. The summed E-state index contributed by atoms with van der Waals surface area (Å²) in [6.45, 7) is 4.71. The van der Waals surface area contributed by atoms with Crippen molar-refractivity contribution >= 4 is 25.7 Å². The van der Waals surface area contributed by atoms with E-state index in [4.69, 9.17) is 23.3 Å². The molecule has 3 unspecified atom stereocenters. The molecule has 12 heteroatoms. The van der Waals surface area contributed by atoms with Gasteiger partial charge in [0.1, 0.15) is 12.7 Å². The van der Waals surface area contributed by atoms with Crippen LogP contribution in [0.1, 0.15) is 342 Å². The van der Waals surface area contributed by atoms with Crippen LogP contribution in [-0.2, 0) is 42.2 Å². The van der Waals surface area contributed by atoms with Gasteiger partial charge in [0.25, 0.3) is 0 Å². The highest BCUT2D eigenvalue weighted by atomic mass is 31.2. The largest absolute Gasteiger partial charge is 0.472 e. The standard InChI is InChI=1S/C66H125O11P/c1-4-7-10-13-16-19-22-25-28-30-31-33-35-37-40-43-46-49-52-55-64(68)73-59-63(77-66(70)57-54-51-48-45-42-39-36-32-29-26-23-20-17-14-11-8-5-2)61-75-78(71,72)74-60-62(58-67)76-65(69)56-53-50-47-44-41-38-34-27-24-21-18-15-12-9-6-3/h25,27-28,34,62-63,67H,4-24,26,29-33,35-61H2,1-3H3,(H,71,72)/b28-25-,34-27-. The van der Waals surface area contributed by atoms with Crippen LogP contribution in [0.3, 0.4) is 0 Å². The Bertz CT molecular complexity index is 1400. The summed E-state index contributed by atoms with van der Waals surface area (Å²) in [7, 11) is -4.75. The Morgan fingerprint density at radius 3 is 0.885 bits per heavy atom. The first-order valence-corrected chi connectivity index (χ1v) is 34.7. The van der Waals surface area contributed by atoms with Gasteiger partial charge in [0.2, 0.25) is 0 Å². The number of unbranched alkanes of at least 4 members (excludes halogenated alkanes) is 42. The first kappa shape index (κ1) is 76.0. The van der Waals surface area contributed by atoms with E-state index in [2.05, 4.69) is 45.1 Å². The average Bonchev–Trinajstić information content (AvgIpc) is 3.43. The number of ether oxygens (including phenoxy) is 3. The van der Waals surface area contributed by atoms with Crippen LogP contribution in [0.2, 0.25) is 0 Å². The average molecular weight is 1130 g/mol. The number of phosphoric ester groups is 1. The van der Waals surface area contributed by atoms with Crippen LogP contribution >= 0.6 is 7.82 Å². The number of aliphatic hydroxyl groups excluding tert-OH is 1. The molecule has 0 aromatic heterocycles. The minimum Gasteiger partial charge on any atom is -0.462 e. The molecule has 0 spiro atoms. The molecule has 460 valence electrons. The number of hydrogen-bond acceptors (Lipinski definition) is 10. The highest BCUT2D eigenvalue weighted by Crippen LogP contribution is 2.43. The lowest BCUT2D eigenvalue weighted by Crippen LogP contribution is -2.30. The van der Waals surface area contributed by atoms with E-state index in [-0.39, 0.29) is 25.9 Å². The first-order valence-electron chi connectivity index (χ1n) is 33.2. The van der Waals surface area contributed by atoms with Gasteiger partial charge in [-0.15, -0.1) is 0 Å². The quantitative estimate of drug-likeness (QED) is 0.0197. The van der Waals surface area contributed by atoms with Gasteiger partial charge in [-0.05, 0) is 70.6 Å². The van der Waals surface area contributed by atoms with Crippen molar-refractivity contribution < 1.29 is 52.2 Å². The number of hydrogen-bond donors (Lipinski definition) is 2. The number of carbonyl (C=O) groups excluding carboxylic acids is 3. The third kappa shape index (κ3) is 58.6. The molecule has 0 rings (SSSR count). The van der Waals surface area contributed by atoms with Gasteiger partial charge >= 0.3 is 25.7 Å². The summed E-state index contributed by atoms with van der Waals surface area (Å²) >= 11 is 0. The third-order valence-electron chi connectivity index (χ3n) is 14.8. The Kier molecular flexibility index (Phi) is 59.4. The topological polar surface area (TPSA) is 155 Å². The molecule has 0 aromatic carbocycles. The second-order valence-corrected chi connectivity index (χ2v) is 24.1. The fraction of sp³-hybridized carbons (Fsp3) is 0.894. The molecule has 0 aromatic rings. The minimum absolute atomic E-state index is 0.172. The summed E-state index contributed by atoms with van der Waals surface area (Å²) in [5.41, 5.74) is 0. The number of esters is 3. The lowest BCUT2D eigenvalue weighted by atomic mass is 10.0. The molecule has 11 nitrogen and oxygen atoms in total. The van der Waals surface area contributed by atoms with Crippen LogP contribution in [-0.4, -0.2) is 66.5 Å². The third-order valence-corrected chi connectivity index (χ3v) is 15.8. The van der Waals surface area contributed by atoms with Crippen molar-refractivity contribution in [3.8, 4) is 0 Å². The van der Waals surface area contributed by atoms with Crippen LogP contribution in [0.15, 0.2) is 24.3 Å². The molecule has 0 saturated carbocycles. The SMILES string of the molecule is CCCCCCCC/C=C\CCCCCCCCCCCC(=O)OCC(COP(=O)(O)OCC(CO)OC(=O)CCCCCCC/C=C\CCCCCCCC)OC(=O)CCCCCCCCCCCCCCCCCCC. The van der Waals surface area contributed by atoms with Crippen LogP contribution in [0.4, 0.5) is 0 Å². The van der Waals surface area contributed by atoms with Gasteiger partial charge in [-0.25, -0.2) is 4.57 Å². The Morgan fingerprint density at radius 2 is 0.590 bits per heavy atom. The van der Waals surface area contributed by atoms with Crippen molar-refractivity contribution in [2.24, 2.45) is 0 Å². The number of aliphatic hydroxyl groups is 1. The van der Waals surface area contributed by atoms with Gasteiger partial charge in [-0.1, -0.05) is 276 Å². The van der Waals surface area contributed by atoms with Gasteiger partial charge in [-0.2, -0.15) is 0 Å². The van der Waals surface area contributed by atoms with Gasteiger partial charge in [-0.3, -0.25) is 23.4 Å². The summed E-state index contributed by atoms with van der Waals surface area (Å²) in [4.78, 5) is 48.8. The summed E-state index contributed by atoms with van der Waals surface area (Å²) < 4.78 is 39.7. The Balaban J connectivity index is 4.65. The van der Waals surface area contributed by atoms with Crippen molar-refractivity contribution in [3.05, 3.63) is 24.3 Å². The van der Waals surface area contributed by atoms with E-state index in [1.165, 1.54) is 205 Å². The van der Waals surface area contributed by atoms with E-state index in [1.807, 2.05) is 0 Å². The fourth-order valence-electron chi connectivity index (χ4n) is 9.76. The molecule has 0 aliphatic carbocycles. The maximum atomic E-state index is 13.0. The lowest BCUT2D eigenvalue weighted by Gasteiger charge is -2.21. The Labute approximate surface area is 480 Å². The molecule has 0 saturated heterocycles. The molecule has 0 aliphatic heterocycles. The van der Waals surface area contributed by atoms with E-state index in [0.29, 0.717) is 19.3 Å². The van der Waals surface area contributed by atoms with E-state index in [9.17, 15) is 28.9 Å². The number of rotatable bonds is 63. The van der Waals surface area contributed by atoms with Crippen LogP contribution in [0.25, 0.3) is 0 Å². The number of allylic oxidation sites excluding steroid dienone is 4. The molecule has 78 heavy (non-hydrogen) atoms. The smallest absolute Gasteiger partial charge is 0.462 e. The molecular weight excluding hydrogens is 1000 g/mol. The molecule has 0 heterocycles. The van der Waals surface area contributed by atoms with Crippen molar-refractivity contribution in [3.63, 3.8) is 0 Å². The maximum Gasteiger partial charge on any atom is 0.472 e. The van der Waals surface area contributed by atoms with Gasteiger partial charge in [0, 0.05) is 19.3 Å². The summed E-state index contributed by atoms with van der Waals surface area (Å²) in [5, 5.41) is 9.85. The Morgan fingerprint density at radius 1 is 0.346 bits per heavy atom. The summed E-state index contributed by atoms with van der Waals surface area (Å²) in [5.74, 6) is -1.44. The monoisotopic (exact) mass is 1120 g/mol. The van der Waals surface area contributed by atoms with Gasteiger partial charge < -0.3 is 24.2 Å². The zero-order valence-electron chi connectivity index (χ0n) is 51.2. The van der Waals surface area contributed by atoms with Crippen LogP contribution in [0, 0.1) is 0 Å². The Hall–Kier alpha value is -2.04. The number of phosphoric acid groups is 1. The van der Waals surface area contributed by atoms with E-state index in [1.54, 1.807) is 0 Å². The van der Waals surface area contributed by atoms with Crippen molar-refractivity contribution in [1.82, 2.24) is 0 Å². The second kappa shape index (κ2) is 61.0. The number of carbonyl (C=O) groups is 3. The molecular formula is C66H125O11P. The van der Waals surface area contributed by atoms with Gasteiger partial charge in [0.05, 0.1) is 19.8 Å². The molecule has 0 fully saturated rings. The van der Waals surface area contributed by atoms with Crippen LogP contribution in [0.5, 0.6) is 0 Å². The highest BCUT2D eigenvalue weighted by Gasteiger charge is 2.28. The van der Waals surface area contributed by atoms with Gasteiger partial charge in [0.15, 0.2) is 6.10 Å². The molecule has 3 atom stereocenters. The summed E-state index contributed by atoms with van der Waals surface area (Å²) in [6.07, 6.45) is 64.1. The first-order chi connectivity index (χ1) is 38.2. The second-order valence-electron chi connectivity index (χ2n) is 22.6. The molecule has 0 aliphatic rings. The van der Waals surface area contributed by atoms with Crippen molar-refractivity contribution in [1.29, 1.82) is 0 Å². The zero-order chi connectivity index (χ0) is 56.9. The molecule has 0 radical (unpaired) electrons. The molecule has 2 N–H and O–H groups in total. The molecule has 0 amide bonds. The predicted molar refractivity (Wildman–Crippen MR) is 326 cm³/mol. The molecule has 0 bridgehead atoms. The predicted octanol–water partition coefficient (Wildman–Crippen LogP) is 20.2.